The Bertz CT molecular complexity index is 1320. The van der Waals surface area contributed by atoms with Gasteiger partial charge in [0.2, 0.25) is 5.91 Å². The van der Waals surface area contributed by atoms with E-state index in [1.54, 1.807) is 17.8 Å². The van der Waals surface area contributed by atoms with E-state index in [2.05, 4.69) is 20.6 Å². The van der Waals surface area contributed by atoms with Crippen molar-refractivity contribution in [3.63, 3.8) is 0 Å². The second-order valence-electron chi connectivity index (χ2n) is 6.65. The molecule has 0 saturated carbocycles. The van der Waals surface area contributed by atoms with E-state index in [1.807, 2.05) is 24.5 Å². The normalized spacial score (nSPS) is 11.1. The molecule has 0 atom stereocenters. The van der Waals surface area contributed by atoms with E-state index in [0.717, 1.165) is 27.7 Å². The van der Waals surface area contributed by atoms with Crippen molar-refractivity contribution in [2.45, 2.75) is 18.0 Å². The van der Waals surface area contributed by atoms with Crippen LogP contribution < -0.4 is 10.9 Å². The topological polar surface area (TPSA) is 94.7 Å². The minimum Gasteiger partial charge on any atom is -0.324 e. The van der Waals surface area contributed by atoms with Gasteiger partial charge >= 0.3 is 0 Å². The molecule has 0 fully saturated rings. The van der Waals surface area contributed by atoms with Gasteiger partial charge in [0.15, 0.2) is 11.2 Å². The molecule has 0 bridgehead atoms. The van der Waals surface area contributed by atoms with Crippen LogP contribution in [0.1, 0.15) is 5.56 Å². The molecular weight excluding hydrogens is 426 g/mol. The lowest BCUT2D eigenvalue weighted by Gasteiger charge is -2.08. The molecule has 2 heterocycles. The fourth-order valence-corrected chi connectivity index (χ4v) is 3.50. The number of carbonyl (C=O) groups is 1. The second kappa shape index (κ2) is 8.64. The fourth-order valence-electron chi connectivity index (χ4n) is 3.04. The van der Waals surface area contributed by atoms with Crippen molar-refractivity contribution >= 4 is 34.5 Å². The number of carbonyl (C=O) groups excluding carboxylic acids is 1. The molecule has 4 aromatic rings. The van der Waals surface area contributed by atoms with E-state index < -0.39 is 23.1 Å². The van der Waals surface area contributed by atoms with E-state index in [1.165, 1.54) is 11.0 Å². The first-order valence-corrected chi connectivity index (χ1v) is 10.3. The summed E-state index contributed by atoms with van der Waals surface area (Å²) in [5, 5.41) is 10.4. The van der Waals surface area contributed by atoms with Gasteiger partial charge in [-0.05, 0) is 42.2 Å². The van der Waals surface area contributed by atoms with Crippen LogP contribution in [0.2, 0.25) is 0 Å². The molecule has 11 heteroatoms. The number of nitrogens with zero attached hydrogens (tertiary/aromatic N) is 5. The third-order valence-corrected chi connectivity index (χ3v) is 5.14. The predicted molar refractivity (Wildman–Crippen MR) is 112 cm³/mol. The number of fused-ring (bicyclic) bond motifs is 1. The number of rotatable bonds is 6. The van der Waals surface area contributed by atoms with Crippen LogP contribution in [0.25, 0.3) is 11.2 Å². The SMILES string of the molecule is CSc1cccc(NC(=O)Cn2cnc3c(nnn3Cc3cc(F)cc(F)c3)c2=O)c1. The smallest absolute Gasteiger partial charge is 0.283 e. The summed E-state index contributed by atoms with van der Waals surface area (Å²) in [4.78, 5) is 30.2. The van der Waals surface area contributed by atoms with Crippen LogP contribution in [0.5, 0.6) is 0 Å². The second-order valence-corrected chi connectivity index (χ2v) is 7.53. The minimum atomic E-state index is -0.719. The third-order valence-electron chi connectivity index (χ3n) is 4.41. The molecule has 0 aliphatic carbocycles. The molecule has 31 heavy (non-hydrogen) atoms. The Hall–Kier alpha value is -3.60. The van der Waals surface area contributed by atoms with Gasteiger partial charge in [-0.15, -0.1) is 16.9 Å². The molecule has 0 radical (unpaired) electrons. The Morgan fingerprint density at radius 2 is 1.94 bits per heavy atom. The molecule has 0 aliphatic heterocycles. The Morgan fingerprint density at radius 3 is 2.68 bits per heavy atom. The van der Waals surface area contributed by atoms with Gasteiger partial charge in [0, 0.05) is 16.6 Å². The number of benzene rings is 2. The Morgan fingerprint density at radius 1 is 1.16 bits per heavy atom. The Balaban J connectivity index is 1.54. The summed E-state index contributed by atoms with van der Waals surface area (Å²) in [5.74, 6) is -1.84. The summed E-state index contributed by atoms with van der Waals surface area (Å²) in [6, 6.07) is 10.4. The van der Waals surface area contributed by atoms with Gasteiger partial charge in [-0.3, -0.25) is 14.2 Å². The zero-order valence-corrected chi connectivity index (χ0v) is 17.1. The first-order chi connectivity index (χ1) is 14.9. The van der Waals surface area contributed by atoms with Crippen LogP contribution in [0, 0.1) is 11.6 Å². The first kappa shape index (κ1) is 20.7. The Kier molecular flexibility index (Phi) is 5.76. The van der Waals surface area contributed by atoms with Crippen molar-refractivity contribution in [1.82, 2.24) is 24.5 Å². The van der Waals surface area contributed by atoms with Crippen LogP contribution in [0.4, 0.5) is 14.5 Å². The number of thioether (sulfide) groups is 1. The summed E-state index contributed by atoms with van der Waals surface area (Å²) in [7, 11) is 0. The van der Waals surface area contributed by atoms with E-state index in [0.29, 0.717) is 11.3 Å². The molecule has 1 amide bonds. The largest absolute Gasteiger partial charge is 0.324 e. The van der Waals surface area contributed by atoms with Gasteiger partial charge in [-0.1, -0.05) is 11.3 Å². The molecular formula is C20H16F2N6O2S. The van der Waals surface area contributed by atoms with Gasteiger partial charge in [-0.25, -0.2) is 18.4 Å². The average molecular weight is 442 g/mol. The van der Waals surface area contributed by atoms with Crippen molar-refractivity contribution in [3.8, 4) is 0 Å². The molecule has 4 rings (SSSR count). The minimum absolute atomic E-state index is 0.0199. The lowest BCUT2D eigenvalue weighted by Crippen LogP contribution is -2.28. The van der Waals surface area contributed by atoms with E-state index >= 15 is 0 Å². The highest BCUT2D eigenvalue weighted by Gasteiger charge is 2.15. The van der Waals surface area contributed by atoms with Crippen molar-refractivity contribution in [2.24, 2.45) is 0 Å². The highest BCUT2D eigenvalue weighted by molar-refractivity contribution is 7.98. The lowest BCUT2D eigenvalue weighted by atomic mass is 10.2. The van der Waals surface area contributed by atoms with Crippen LogP contribution in [0.3, 0.4) is 0 Å². The van der Waals surface area contributed by atoms with Crippen LogP contribution in [-0.4, -0.2) is 36.7 Å². The number of hydrogen-bond acceptors (Lipinski definition) is 6. The molecule has 0 aliphatic rings. The standard InChI is InChI=1S/C20H16F2N6O2S/c1-31-16-4-2-3-15(8-16)24-17(29)10-27-11-23-19-18(20(27)30)25-26-28(19)9-12-5-13(21)7-14(22)6-12/h2-8,11H,9-10H2,1H3,(H,24,29). The highest BCUT2D eigenvalue weighted by Crippen LogP contribution is 2.19. The van der Waals surface area contributed by atoms with Crippen molar-refractivity contribution in [3.05, 3.63) is 76.3 Å². The van der Waals surface area contributed by atoms with Crippen LogP contribution in [-0.2, 0) is 17.9 Å². The molecule has 2 aromatic heterocycles. The number of aromatic nitrogens is 5. The van der Waals surface area contributed by atoms with Gasteiger partial charge in [-0.2, -0.15) is 0 Å². The van der Waals surface area contributed by atoms with Gasteiger partial charge < -0.3 is 5.32 Å². The summed E-state index contributed by atoms with van der Waals surface area (Å²) < 4.78 is 29.2. The monoisotopic (exact) mass is 442 g/mol. The summed E-state index contributed by atoms with van der Waals surface area (Å²) >= 11 is 1.55. The summed E-state index contributed by atoms with van der Waals surface area (Å²) in [6.45, 7) is -0.277. The molecule has 1 N–H and O–H groups in total. The average Bonchev–Trinajstić information content (AvgIpc) is 3.13. The number of halogens is 2. The molecule has 8 nitrogen and oxygen atoms in total. The first-order valence-electron chi connectivity index (χ1n) is 9.10. The van der Waals surface area contributed by atoms with Crippen molar-refractivity contribution < 1.29 is 13.6 Å². The summed E-state index contributed by atoms with van der Waals surface area (Å²) in [6.07, 6.45) is 3.15. The number of hydrogen-bond donors (Lipinski definition) is 1. The quantitative estimate of drug-likeness (QED) is 0.462. The highest BCUT2D eigenvalue weighted by atomic mass is 32.2. The maximum absolute atomic E-state index is 13.4. The van der Waals surface area contributed by atoms with E-state index in [4.69, 9.17) is 0 Å². The van der Waals surface area contributed by atoms with Crippen molar-refractivity contribution in [1.29, 1.82) is 0 Å². The molecule has 0 unspecified atom stereocenters. The molecule has 0 saturated heterocycles. The third kappa shape index (κ3) is 4.61. The predicted octanol–water partition coefficient (Wildman–Crippen LogP) is 2.68. The zero-order chi connectivity index (χ0) is 22.0. The Labute approximate surface area is 178 Å². The number of amides is 1. The maximum Gasteiger partial charge on any atom is 0.283 e. The molecule has 158 valence electrons. The van der Waals surface area contributed by atoms with E-state index in [9.17, 15) is 18.4 Å². The van der Waals surface area contributed by atoms with Gasteiger partial charge in [0.1, 0.15) is 24.5 Å². The summed E-state index contributed by atoms with van der Waals surface area (Å²) in [5.41, 5.74) is 0.486. The molecule has 0 spiro atoms. The zero-order valence-electron chi connectivity index (χ0n) is 16.2. The number of nitrogens with one attached hydrogen (secondary N) is 1. The van der Waals surface area contributed by atoms with Crippen molar-refractivity contribution in [2.75, 3.05) is 11.6 Å². The van der Waals surface area contributed by atoms with E-state index in [-0.39, 0.29) is 24.3 Å². The number of anilines is 1. The maximum atomic E-state index is 13.4. The lowest BCUT2D eigenvalue weighted by molar-refractivity contribution is -0.116. The molecule has 2 aromatic carbocycles. The van der Waals surface area contributed by atoms with Crippen LogP contribution in [0.15, 0.2) is 58.5 Å². The van der Waals surface area contributed by atoms with Gasteiger partial charge in [0.25, 0.3) is 5.56 Å². The van der Waals surface area contributed by atoms with Crippen LogP contribution >= 0.6 is 11.8 Å². The fraction of sp³-hybridized carbons (Fsp3) is 0.150. The van der Waals surface area contributed by atoms with Gasteiger partial charge in [0.05, 0.1) is 6.54 Å².